The van der Waals surface area contributed by atoms with E-state index in [1.807, 2.05) is 25.1 Å². The third kappa shape index (κ3) is 4.40. The number of amides is 1. The number of aliphatic hydroxyl groups is 1. The SMILES string of the molecule is Cc1ccc(-c2cc(C(=O)NC[C@H](C)O)cc(-c3cnccc3C#N)c2)nc1. The van der Waals surface area contributed by atoms with Gasteiger partial charge >= 0.3 is 0 Å². The number of carbonyl (C=O) groups is 1. The lowest BCUT2D eigenvalue weighted by atomic mass is 9.96. The van der Waals surface area contributed by atoms with Crippen molar-refractivity contribution >= 4 is 5.91 Å². The van der Waals surface area contributed by atoms with Crippen LogP contribution in [0.1, 0.15) is 28.4 Å². The van der Waals surface area contributed by atoms with Crippen LogP contribution in [0.25, 0.3) is 22.4 Å². The van der Waals surface area contributed by atoms with Crippen LogP contribution >= 0.6 is 0 Å². The fraction of sp³-hybridized carbons (Fsp3) is 0.182. The summed E-state index contributed by atoms with van der Waals surface area (Å²) in [5.41, 5.74) is 4.75. The molecule has 0 aliphatic carbocycles. The molecular weight excluding hydrogens is 352 g/mol. The lowest BCUT2D eigenvalue weighted by Gasteiger charge is -2.12. The molecule has 140 valence electrons. The maximum absolute atomic E-state index is 12.6. The van der Waals surface area contributed by atoms with Crippen LogP contribution in [0.5, 0.6) is 0 Å². The molecule has 0 fully saturated rings. The van der Waals surface area contributed by atoms with Gasteiger partial charge in [-0.1, -0.05) is 6.07 Å². The second kappa shape index (κ2) is 8.42. The van der Waals surface area contributed by atoms with Crippen LogP contribution < -0.4 is 5.32 Å². The summed E-state index contributed by atoms with van der Waals surface area (Å²) in [4.78, 5) is 21.2. The van der Waals surface area contributed by atoms with E-state index in [4.69, 9.17) is 0 Å². The third-order valence-corrected chi connectivity index (χ3v) is 4.21. The molecule has 0 aliphatic heterocycles. The van der Waals surface area contributed by atoms with E-state index in [1.165, 1.54) is 0 Å². The Morgan fingerprint density at radius 3 is 2.68 bits per heavy atom. The van der Waals surface area contributed by atoms with Gasteiger partial charge in [0.25, 0.3) is 5.91 Å². The molecule has 0 radical (unpaired) electrons. The summed E-state index contributed by atoms with van der Waals surface area (Å²) >= 11 is 0. The highest BCUT2D eigenvalue weighted by atomic mass is 16.3. The van der Waals surface area contributed by atoms with Crippen molar-refractivity contribution in [3.05, 3.63) is 71.7 Å². The van der Waals surface area contributed by atoms with Gasteiger partial charge in [0, 0.05) is 41.8 Å². The molecule has 2 aromatic heterocycles. The molecule has 1 aromatic carbocycles. The van der Waals surface area contributed by atoms with Crippen molar-refractivity contribution < 1.29 is 9.90 Å². The number of hydrogen-bond acceptors (Lipinski definition) is 5. The van der Waals surface area contributed by atoms with Gasteiger partial charge < -0.3 is 10.4 Å². The molecule has 0 saturated carbocycles. The number of benzene rings is 1. The number of aliphatic hydroxyl groups excluding tert-OH is 1. The summed E-state index contributed by atoms with van der Waals surface area (Å²) in [6.07, 6.45) is 4.29. The Morgan fingerprint density at radius 2 is 2.00 bits per heavy atom. The van der Waals surface area contributed by atoms with Gasteiger partial charge in [0.15, 0.2) is 0 Å². The fourth-order valence-corrected chi connectivity index (χ4v) is 2.77. The molecule has 3 aromatic rings. The molecule has 0 bridgehead atoms. The maximum atomic E-state index is 12.6. The highest BCUT2D eigenvalue weighted by molar-refractivity contribution is 5.97. The molecule has 6 heteroatoms. The maximum Gasteiger partial charge on any atom is 0.251 e. The standard InChI is InChI=1S/C22H20N4O2/c1-14-3-4-21(25-11-14)18-7-17(20-13-24-6-5-16(20)10-23)8-19(9-18)22(28)26-12-15(2)27/h3-9,11,13,15,27H,12H2,1-2H3,(H,26,28)/t15-/m0/s1. The number of pyridine rings is 2. The predicted molar refractivity (Wildman–Crippen MR) is 106 cm³/mol. The van der Waals surface area contributed by atoms with Gasteiger partial charge in [0.05, 0.1) is 23.4 Å². The zero-order chi connectivity index (χ0) is 20.1. The normalized spacial score (nSPS) is 11.5. The van der Waals surface area contributed by atoms with E-state index in [-0.39, 0.29) is 12.5 Å². The molecule has 0 spiro atoms. The minimum absolute atomic E-state index is 0.150. The first-order chi connectivity index (χ1) is 13.5. The second-order valence-corrected chi connectivity index (χ2v) is 6.61. The fourth-order valence-electron chi connectivity index (χ4n) is 2.77. The Labute approximate surface area is 163 Å². The first-order valence-electron chi connectivity index (χ1n) is 8.87. The molecular formula is C22H20N4O2. The summed E-state index contributed by atoms with van der Waals surface area (Å²) in [7, 11) is 0. The molecule has 1 atom stereocenters. The first kappa shape index (κ1) is 19.2. The lowest BCUT2D eigenvalue weighted by Crippen LogP contribution is -2.30. The van der Waals surface area contributed by atoms with Crippen LogP contribution in [0, 0.1) is 18.3 Å². The lowest BCUT2D eigenvalue weighted by molar-refractivity contribution is 0.0924. The van der Waals surface area contributed by atoms with Crippen molar-refractivity contribution in [2.24, 2.45) is 0 Å². The molecule has 1 amide bonds. The molecule has 6 nitrogen and oxygen atoms in total. The van der Waals surface area contributed by atoms with Gasteiger partial charge in [0.1, 0.15) is 0 Å². The van der Waals surface area contributed by atoms with Crippen LogP contribution in [0.4, 0.5) is 0 Å². The number of nitriles is 1. The number of nitrogens with zero attached hydrogens (tertiary/aromatic N) is 3. The van der Waals surface area contributed by atoms with Crippen LogP contribution in [-0.4, -0.2) is 33.6 Å². The number of hydrogen-bond donors (Lipinski definition) is 2. The molecule has 2 N–H and O–H groups in total. The average Bonchev–Trinajstić information content (AvgIpc) is 2.72. The molecule has 0 aliphatic rings. The Balaban J connectivity index is 2.12. The van der Waals surface area contributed by atoms with Gasteiger partial charge in [-0.05, 0) is 55.3 Å². The monoisotopic (exact) mass is 372 g/mol. The highest BCUT2D eigenvalue weighted by Crippen LogP contribution is 2.29. The van der Waals surface area contributed by atoms with Crippen molar-refractivity contribution in [1.82, 2.24) is 15.3 Å². The summed E-state index contributed by atoms with van der Waals surface area (Å²) < 4.78 is 0. The van der Waals surface area contributed by atoms with Crippen LogP contribution in [0.15, 0.2) is 55.0 Å². The topological polar surface area (TPSA) is 98.9 Å². The largest absolute Gasteiger partial charge is 0.392 e. The first-order valence-corrected chi connectivity index (χ1v) is 8.87. The number of rotatable bonds is 5. The van der Waals surface area contributed by atoms with E-state index >= 15 is 0 Å². The zero-order valence-corrected chi connectivity index (χ0v) is 15.7. The molecule has 3 rings (SSSR count). The third-order valence-electron chi connectivity index (χ3n) is 4.21. The van der Waals surface area contributed by atoms with Crippen molar-refractivity contribution in [1.29, 1.82) is 5.26 Å². The molecule has 28 heavy (non-hydrogen) atoms. The molecule has 0 unspecified atom stereocenters. The van der Waals surface area contributed by atoms with Crippen LogP contribution in [0.3, 0.4) is 0 Å². The van der Waals surface area contributed by atoms with Crippen LogP contribution in [0.2, 0.25) is 0 Å². The van der Waals surface area contributed by atoms with E-state index in [0.717, 1.165) is 16.8 Å². The zero-order valence-electron chi connectivity index (χ0n) is 15.7. The van der Waals surface area contributed by atoms with E-state index in [9.17, 15) is 15.2 Å². The van der Waals surface area contributed by atoms with E-state index in [0.29, 0.717) is 22.3 Å². The van der Waals surface area contributed by atoms with E-state index < -0.39 is 6.10 Å². The predicted octanol–water partition coefficient (Wildman–Crippen LogP) is 3.10. The van der Waals surface area contributed by atoms with Gasteiger partial charge in [-0.2, -0.15) is 5.26 Å². The Hall–Kier alpha value is -3.56. The van der Waals surface area contributed by atoms with E-state index in [1.54, 1.807) is 43.7 Å². The number of aromatic nitrogens is 2. The van der Waals surface area contributed by atoms with Crippen molar-refractivity contribution in [2.75, 3.05) is 6.54 Å². The quantitative estimate of drug-likeness (QED) is 0.717. The van der Waals surface area contributed by atoms with E-state index in [2.05, 4.69) is 21.4 Å². The van der Waals surface area contributed by atoms with Gasteiger partial charge in [-0.25, -0.2) is 0 Å². The number of carbonyl (C=O) groups excluding carboxylic acids is 1. The summed E-state index contributed by atoms with van der Waals surface area (Å²) in [6.45, 7) is 3.71. The van der Waals surface area contributed by atoms with Gasteiger partial charge in [0.2, 0.25) is 0 Å². The van der Waals surface area contributed by atoms with Crippen molar-refractivity contribution in [3.63, 3.8) is 0 Å². The smallest absolute Gasteiger partial charge is 0.251 e. The molecule has 2 heterocycles. The number of aryl methyl sites for hydroxylation is 1. The minimum Gasteiger partial charge on any atom is -0.392 e. The summed E-state index contributed by atoms with van der Waals surface area (Å²) in [6, 6.07) is 13.0. The summed E-state index contributed by atoms with van der Waals surface area (Å²) in [5, 5.41) is 21.6. The van der Waals surface area contributed by atoms with Crippen molar-refractivity contribution in [3.8, 4) is 28.5 Å². The highest BCUT2D eigenvalue weighted by Gasteiger charge is 2.14. The van der Waals surface area contributed by atoms with Gasteiger partial charge in [-0.15, -0.1) is 0 Å². The number of nitrogens with one attached hydrogen (secondary N) is 1. The summed E-state index contributed by atoms with van der Waals surface area (Å²) in [5.74, 6) is -0.307. The van der Waals surface area contributed by atoms with Gasteiger partial charge in [-0.3, -0.25) is 14.8 Å². The van der Waals surface area contributed by atoms with Crippen LogP contribution in [-0.2, 0) is 0 Å². The average molecular weight is 372 g/mol. The Kier molecular flexibility index (Phi) is 5.78. The molecule has 0 saturated heterocycles. The Bertz CT molecular complexity index is 1040. The minimum atomic E-state index is -0.645. The van der Waals surface area contributed by atoms with Crippen molar-refractivity contribution in [2.45, 2.75) is 20.0 Å². The Morgan fingerprint density at radius 1 is 1.21 bits per heavy atom. The second-order valence-electron chi connectivity index (χ2n) is 6.61.